The molecule has 0 spiro atoms. The molecule has 0 heterocycles. The van der Waals surface area contributed by atoms with Crippen molar-refractivity contribution in [3.8, 4) is 0 Å². The lowest BCUT2D eigenvalue weighted by Crippen LogP contribution is -2.34. The van der Waals surface area contributed by atoms with Crippen LogP contribution >= 0.6 is 0 Å². The fourth-order valence-corrected chi connectivity index (χ4v) is 0.799. The summed E-state index contributed by atoms with van der Waals surface area (Å²) < 4.78 is 28.2. The van der Waals surface area contributed by atoms with Gasteiger partial charge in [-0.05, 0) is 14.1 Å². The summed E-state index contributed by atoms with van der Waals surface area (Å²) in [6, 6.07) is 0. The van der Waals surface area contributed by atoms with E-state index in [1.165, 1.54) is 14.1 Å². The molecule has 0 radical (unpaired) electrons. The zero-order chi connectivity index (χ0) is 7.65. The molecule has 0 aromatic rings. The molecule has 0 aromatic carbocycles. The molecule has 0 aliphatic carbocycles. The molecule has 0 fully saturated rings. The van der Waals surface area contributed by atoms with E-state index >= 15 is 0 Å². The van der Waals surface area contributed by atoms with Gasteiger partial charge in [-0.1, -0.05) is 0 Å². The van der Waals surface area contributed by atoms with Crippen molar-refractivity contribution in [1.82, 2.24) is 4.90 Å². The lowest BCUT2D eigenvalue weighted by Gasteiger charge is -2.13. The largest absolute Gasteiger partial charge is 0.363 e. The molecule has 0 saturated carbocycles. The monoisotopic (exact) mass is 155 g/mol. The van der Waals surface area contributed by atoms with E-state index in [0.717, 1.165) is 4.90 Å². The van der Waals surface area contributed by atoms with E-state index in [-0.39, 0.29) is 0 Å². The highest BCUT2D eigenvalue weighted by Gasteiger charge is 2.20. The summed E-state index contributed by atoms with van der Waals surface area (Å²) in [6.45, 7) is 0. The van der Waals surface area contributed by atoms with Crippen molar-refractivity contribution in [2.75, 3.05) is 14.1 Å². The van der Waals surface area contributed by atoms with Crippen LogP contribution in [0.5, 0.6) is 0 Å². The highest BCUT2D eigenvalue weighted by molar-refractivity contribution is 7.86. The van der Waals surface area contributed by atoms with Crippen molar-refractivity contribution in [3.63, 3.8) is 0 Å². The molecule has 2 N–H and O–H groups in total. The maximum absolute atomic E-state index is 10.0. The quantitative estimate of drug-likeness (QED) is 0.383. The molecule has 0 bridgehead atoms. The van der Waals surface area contributed by atoms with Gasteiger partial charge in [0, 0.05) is 0 Å². The first-order valence-electron chi connectivity index (χ1n) is 2.16. The van der Waals surface area contributed by atoms with Gasteiger partial charge in [-0.3, -0.25) is 9.45 Å². The maximum atomic E-state index is 10.0. The summed E-state index contributed by atoms with van der Waals surface area (Å²) in [7, 11) is -1.66. The molecule has 5 nitrogen and oxygen atoms in total. The van der Waals surface area contributed by atoms with Gasteiger partial charge in [0.05, 0.1) is 0 Å². The van der Waals surface area contributed by atoms with Gasteiger partial charge in [0.25, 0.3) is 0 Å². The Balaban J connectivity index is 4.24. The molecule has 1 atom stereocenters. The Kier molecular flexibility index (Phi) is 2.56. The number of aliphatic hydroxyl groups is 1. The number of rotatable bonds is 2. The molecule has 0 amide bonds. The maximum Gasteiger partial charge on any atom is 0.306 e. The van der Waals surface area contributed by atoms with Crippen molar-refractivity contribution in [1.29, 1.82) is 0 Å². The van der Waals surface area contributed by atoms with E-state index in [0.29, 0.717) is 0 Å². The van der Waals surface area contributed by atoms with Gasteiger partial charge in [0.2, 0.25) is 5.56 Å². The fraction of sp³-hybridized carbons (Fsp3) is 1.00. The molecule has 6 heteroatoms. The van der Waals surface area contributed by atoms with Crippen molar-refractivity contribution < 1.29 is 18.1 Å². The molecular weight excluding hydrogens is 146 g/mol. The average Bonchev–Trinajstić information content (AvgIpc) is 1.62. The van der Waals surface area contributed by atoms with Gasteiger partial charge < -0.3 is 5.11 Å². The Bertz CT molecular complexity index is 172. The van der Waals surface area contributed by atoms with Crippen LogP contribution in [0.4, 0.5) is 0 Å². The van der Waals surface area contributed by atoms with E-state index < -0.39 is 15.7 Å². The number of hydrogen-bond donors (Lipinski definition) is 2. The van der Waals surface area contributed by atoms with E-state index in [9.17, 15) is 8.42 Å². The molecule has 1 unspecified atom stereocenters. The Hall–Kier alpha value is -0.170. The summed E-state index contributed by atoms with van der Waals surface area (Å²) in [5, 5.41) is 8.55. The molecule has 0 rings (SSSR count). The Morgan fingerprint density at radius 2 is 1.78 bits per heavy atom. The van der Waals surface area contributed by atoms with Crippen molar-refractivity contribution in [3.05, 3.63) is 0 Å². The molecule has 0 saturated heterocycles. The molecule has 0 aliphatic rings. The normalized spacial score (nSPS) is 16.1. The highest BCUT2D eigenvalue weighted by atomic mass is 32.2. The summed E-state index contributed by atoms with van der Waals surface area (Å²) in [5.41, 5.74) is -1.82. The second kappa shape index (κ2) is 2.61. The summed E-state index contributed by atoms with van der Waals surface area (Å²) in [6.07, 6.45) is 0. The Morgan fingerprint density at radius 3 is 1.78 bits per heavy atom. The predicted octanol–water partition coefficient (Wildman–Crippen LogP) is -1.29. The Morgan fingerprint density at radius 1 is 1.44 bits per heavy atom. The van der Waals surface area contributed by atoms with Crippen LogP contribution in [0.3, 0.4) is 0 Å². The second-order valence-electron chi connectivity index (χ2n) is 1.80. The molecule has 0 aliphatic heterocycles. The van der Waals surface area contributed by atoms with E-state index in [4.69, 9.17) is 9.66 Å². The van der Waals surface area contributed by atoms with Crippen LogP contribution in [0.2, 0.25) is 0 Å². The van der Waals surface area contributed by atoms with Crippen molar-refractivity contribution in [2.24, 2.45) is 0 Å². The summed E-state index contributed by atoms with van der Waals surface area (Å²) in [5.74, 6) is 0. The first kappa shape index (κ1) is 8.83. The van der Waals surface area contributed by atoms with Crippen molar-refractivity contribution >= 4 is 10.1 Å². The highest BCUT2D eigenvalue weighted by Crippen LogP contribution is 1.95. The van der Waals surface area contributed by atoms with Gasteiger partial charge in [-0.15, -0.1) is 0 Å². The van der Waals surface area contributed by atoms with E-state index in [1.54, 1.807) is 0 Å². The zero-order valence-electron chi connectivity index (χ0n) is 5.14. The number of aliphatic hydroxyl groups excluding tert-OH is 1. The minimum atomic E-state index is -4.32. The Labute approximate surface area is 53.7 Å². The van der Waals surface area contributed by atoms with E-state index in [1.807, 2.05) is 0 Å². The number of hydrogen-bond acceptors (Lipinski definition) is 4. The van der Waals surface area contributed by atoms with Crippen LogP contribution in [0.15, 0.2) is 0 Å². The fourth-order valence-electron chi connectivity index (χ4n) is 0.266. The lowest BCUT2D eigenvalue weighted by molar-refractivity contribution is 0.102. The minimum absolute atomic E-state index is 0.968. The van der Waals surface area contributed by atoms with Crippen LogP contribution in [0, 0.1) is 0 Å². The van der Waals surface area contributed by atoms with Gasteiger partial charge in [-0.2, -0.15) is 8.42 Å². The van der Waals surface area contributed by atoms with Crippen LogP contribution < -0.4 is 0 Å². The molecule has 56 valence electrons. The third-order valence-electron chi connectivity index (χ3n) is 0.708. The summed E-state index contributed by atoms with van der Waals surface area (Å²) in [4.78, 5) is 0.968. The van der Waals surface area contributed by atoms with Crippen LogP contribution in [-0.2, 0) is 10.1 Å². The van der Waals surface area contributed by atoms with Gasteiger partial charge in [-0.25, -0.2) is 0 Å². The van der Waals surface area contributed by atoms with Gasteiger partial charge >= 0.3 is 10.1 Å². The summed E-state index contributed by atoms with van der Waals surface area (Å²) >= 11 is 0. The smallest absolute Gasteiger partial charge is 0.306 e. The van der Waals surface area contributed by atoms with E-state index in [2.05, 4.69) is 0 Å². The van der Waals surface area contributed by atoms with Gasteiger partial charge in [0.15, 0.2) is 0 Å². The third kappa shape index (κ3) is 2.75. The molecule has 0 aromatic heterocycles. The van der Waals surface area contributed by atoms with Crippen LogP contribution in [0.1, 0.15) is 0 Å². The lowest BCUT2D eigenvalue weighted by atomic mass is 10.9. The average molecular weight is 155 g/mol. The van der Waals surface area contributed by atoms with Crippen LogP contribution in [-0.4, -0.2) is 42.6 Å². The first-order chi connectivity index (χ1) is 3.85. The second-order valence-corrected chi connectivity index (χ2v) is 3.26. The minimum Gasteiger partial charge on any atom is -0.363 e. The number of nitrogens with zero attached hydrogens (tertiary/aromatic N) is 1. The third-order valence-corrected chi connectivity index (χ3v) is 1.66. The molecular formula is C3H9NO4S. The van der Waals surface area contributed by atoms with Crippen molar-refractivity contribution in [2.45, 2.75) is 5.56 Å². The zero-order valence-corrected chi connectivity index (χ0v) is 5.96. The molecule has 9 heavy (non-hydrogen) atoms. The standard InChI is InChI=1S/C3H9NO4S/c1-4(2)3(5)9(6,7)8/h3,5H,1-2H3,(H,6,7,8). The SMILES string of the molecule is CN(C)C(O)S(=O)(=O)O. The predicted molar refractivity (Wildman–Crippen MR) is 31.2 cm³/mol. The first-order valence-corrected chi connectivity index (χ1v) is 3.67. The van der Waals surface area contributed by atoms with Crippen LogP contribution in [0.25, 0.3) is 0 Å². The van der Waals surface area contributed by atoms with Gasteiger partial charge in [0.1, 0.15) is 0 Å². The topological polar surface area (TPSA) is 77.8 Å².